The van der Waals surface area contributed by atoms with Crippen molar-refractivity contribution >= 4 is 17.9 Å². The van der Waals surface area contributed by atoms with Gasteiger partial charge in [0.05, 0.1) is 0 Å². The molecule has 0 N–H and O–H groups in total. The molecule has 1 atom stereocenters. The van der Waals surface area contributed by atoms with Crippen LogP contribution >= 0.6 is 0 Å². The molecular formula is C62H106O6. The Morgan fingerprint density at radius 3 is 1.03 bits per heavy atom. The summed E-state index contributed by atoms with van der Waals surface area (Å²) < 4.78 is 16.8. The van der Waals surface area contributed by atoms with Crippen LogP contribution in [0.2, 0.25) is 0 Å². The fraction of sp³-hybridized carbons (Fsp3) is 0.726. The molecule has 6 heteroatoms. The average Bonchev–Trinajstić information content (AvgIpc) is 3.34. The van der Waals surface area contributed by atoms with Crippen LogP contribution in [-0.2, 0) is 28.6 Å². The Hall–Kier alpha value is -3.41. The number of hydrogen-bond donors (Lipinski definition) is 0. The molecule has 0 bridgehead atoms. The second-order valence-electron chi connectivity index (χ2n) is 18.9. The number of allylic oxidation sites excluding steroid dienone is 14. The Kier molecular flexibility index (Phi) is 53.4. The van der Waals surface area contributed by atoms with Crippen LogP contribution in [0.25, 0.3) is 0 Å². The van der Waals surface area contributed by atoms with Crippen LogP contribution in [0.15, 0.2) is 85.1 Å². The van der Waals surface area contributed by atoms with E-state index < -0.39 is 6.10 Å². The summed E-state index contributed by atoms with van der Waals surface area (Å²) in [5.41, 5.74) is 0. The van der Waals surface area contributed by atoms with E-state index in [0.29, 0.717) is 19.3 Å². The SMILES string of the molecule is CCCCC\C=C/C=C\C=C/C=C\CCCCCCCC(=O)OCC(COC(=O)CCCCCCCCCCCCCCCCC)OC(=O)CCC/C=C\C/C=C\C/C=C\CCCCCCCC. The van der Waals surface area contributed by atoms with Crippen LogP contribution in [0.1, 0.15) is 271 Å². The minimum Gasteiger partial charge on any atom is -0.462 e. The van der Waals surface area contributed by atoms with Crippen molar-refractivity contribution in [2.75, 3.05) is 13.2 Å². The van der Waals surface area contributed by atoms with E-state index in [1.807, 2.05) is 0 Å². The number of carbonyl (C=O) groups is 3. The van der Waals surface area contributed by atoms with Crippen molar-refractivity contribution in [3.63, 3.8) is 0 Å². The van der Waals surface area contributed by atoms with E-state index >= 15 is 0 Å². The highest BCUT2D eigenvalue weighted by Gasteiger charge is 2.19. The predicted molar refractivity (Wildman–Crippen MR) is 293 cm³/mol. The molecule has 68 heavy (non-hydrogen) atoms. The summed E-state index contributed by atoms with van der Waals surface area (Å²) in [7, 11) is 0. The van der Waals surface area contributed by atoms with Crippen molar-refractivity contribution in [1.29, 1.82) is 0 Å². The zero-order chi connectivity index (χ0) is 49.3. The molecule has 0 aromatic rings. The van der Waals surface area contributed by atoms with Gasteiger partial charge in [-0.05, 0) is 77.0 Å². The molecule has 0 radical (unpaired) electrons. The molecular weight excluding hydrogens is 841 g/mol. The van der Waals surface area contributed by atoms with Gasteiger partial charge in [-0.2, -0.15) is 0 Å². The van der Waals surface area contributed by atoms with Crippen molar-refractivity contribution in [2.24, 2.45) is 0 Å². The second-order valence-corrected chi connectivity index (χ2v) is 18.9. The average molecular weight is 948 g/mol. The lowest BCUT2D eigenvalue weighted by molar-refractivity contribution is -0.167. The zero-order valence-electron chi connectivity index (χ0n) is 44.6. The Bertz CT molecular complexity index is 1320. The Balaban J connectivity index is 4.50. The maximum absolute atomic E-state index is 12.8. The maximum Gasteiger partial charge on any atom is 0.306 e. The molecule has 0 aliphatic carbocycles. The minimum atomic E-state index is -0.812. The van der Waals surface area contributed by atoms with Gasteiger partial charge in [0.15, 0.2) is 6.10 Å². The molecule has 0 spiro atoms. The van der Waals surface area contributed by atoms with Gasteiger partial charge in [-0.15, -0.1) is 0 Å². The fourth-order valence-electron chi connectivity index (χ4n) is 7.88. The molecule has 0 aliphatic rings. The summed E-state index contributed by atoms with van der Waals surface area (Å²) >= 11 is 0. The van der Waals surface area contributed by atoms with Gasteiger partial charge < -0.3 is 14.2 Å². The first-order valence-electron chi connectivity index (χ1n) is 28.6. The highest BCUT2D eigenvalue weighted by Crippen LogP contribution is 2.15. The van der Waals surface area contributed by atoms with Crippen LogP contribution in [0.5, 0.6) is 0 Å². The van der Waals surface area contributed by atoms with E-state index in [0.717, 1.165) is 83.5 Å². The summed E-state index contributed by atoms with van der Waals surface area (Å²) in [6, 6.07) is 0. The third-order valence-corrected chi connectivity index (χ3v) is 12.2. The van der Waals surface area contributed by atoms with Crippen LogP contribution in [0.4, 0.5) is 0 Å². The summed E-state index contributed by atoms with van der Waals surface area (Å²) in [4.78, 5) is 38.1. The molecule has 0 fully saturated rings. The lowest BCUT2D eigenvalue weighted by Crippen LogP contribution is -2.30. The lowest BCUT2D eigenvalue weighted by Gasteiger charge is -2.18. The Labute approximate surface area is 420 Å². The number of unbranched alkanes of at least 4 members (excludes halogenated alkanes) is 29. The largest absolute Gasteiger partial charge is 0.462 e. The Morgan fingerprint density at radius 2 is 0.603 bits per heavy atom. The van der Waals surface area contributed by atoms with E-state index in [1.54, 1.807) is 0 Å². The van der Waals surface area contributed by atoms with E-state index in [9.17, 15) is 14.4 Å². The molecule has 390 valence electrons. The van der Waals surface area contributed by atoms with Gasteiger partial charge in [-0.25, -0.2) is 0 Å². The predicted octanol–water partition coefficient (Wildman–Crippen LogP) is 19.2. The van der Waals surface area contributed by atoms with Crippen LogP contribution in [0, 0.1) is 0 Å². The molecule has 0 saturated heterocycles. The fourth-order valence-corrected chi connectivity index (χ4v) is 7.88. The van der Waals surface area contributed by atoms with Gasteiger partial charge in [-0.1, -0.05) is 260 Å². The molecule has 6 nitrogen and oxygen atoms in total. The van der Waals surface area contributed by atoms with Gasteiger partial charge in [0.1, 0.15) is 13.2 Å². The van der Waals surface area contributed by atoms with E-state index in [1.165, 1.54) is 141 Å². The third kappa shape index (κ3) is 53.5. The summed E-state index contributed by atoms with van der Waals surface area (Å²) in [5, 5.41) is 0. The lowest BCUT2D eigenvalue weighted by atomic mass is 10.0. The first-order valence-corrected chi connectivity index (χ1v) is 28.6. The smallest absolute Gasteiger partial charge is 0.306 e. The topological polar surface area (TPSA) is 78.9 Å². The number of esters is 3. The molecule has 0 aromatic carbocycles. The van der Waals surface area contributed by atoms with Crippen molar-refractivity contribution in [3.05, 3.63) is 85.1 Å². The standard InChI is InChI=1S/C62H106O6/c1-4-7-10-13-16-19-22-25-28-30-32-34-37-40-43-46-49-52-55-61(64)67-58-59(57-66-60(63)54-51-48-45-42-39-36-33-27-24-21-18-15-12-9-6-3)68-62(65)56-53-50-47-44-41-38-35-31-29-26-23-20-17-14-11-8-5-2/h16,19,22,25-26,28-30,32,34-35,38,44,47,59H,4-15,17-18,20-21,23-24,27,31,33,36-37,39-43,45-46,48-58H2,1-3H3/b19-16-,25-22-,29-26-,30-28-,34-32-,38-35-,47-44-. The molecule has 0 heterocycles. The zero-order valence-corrected chi connectivity index (χ0v) is 44.6. The first kappa shape index (κ1) is 64.6. The normalized spacial score (nSPS) is 12.7. The Morgan fingerprint density at radius 1 is 0.309 bits per heavy atom. The van der Waals surface area contributed by atoms with E-state index in [2.05, 4.69) is 106 Å². The summed E-state index contributed by atoms with van der Waals surface area (Å²) in [5.74, 6) is -0.973. The third-order valence-electron chi connectivity index (χ3n) is 12.2. The monoisotopic (exact) mass is 947 g/mol. The molecule has 0 aliphatic heterocycles. The molecule has 0 aromatic heterocycles. The van der Waals surface area contributed by atoms with E-state index in [4.69, 9.17) is 14.2 Å². The highest BCUT2D eigenvalue weighted by atomic mass is 16.6. The molecule has 0 rings (SSSR count). The minimum absolute atomic E-state index is 0.103. The van der Waals surface area contributed by atoms with Crippen molar-refractivity contribution in [3.8, 4) is 0 Å². The quantitative estimate of drug-likeness (QED) is 0.0199. The summed E-state index contributed by atoms with van der Waals surface area (Å²) in [6.07, 6.45) is 72.8. The molecule has 0 saturated carbocycles. The number of rotatable bonds is 51. The number of carbonyl (C=O) groups excluding carboxylic acids is 3. The van der Waals surface area contributed by atoms with Crippen molar-refractivity contribution in [1.82, 2.24) is 0 Å². The van der Waals surface area contributed by atoms with Crippen molar-refractivity contribution < 1.29 is 28.6 Å². The molecule has 0 amide bonds. The van der Waals surface area contributed by atoms with Gasteiger partial charge >= 0.3 is 17.9 Å². The number of ether oxygens (including phenoxy) is 3. The first-order chi connectivity index (χ1) is 33.5. The van der Waals surface area contributed by atoms with Gasteiger partial charge in [-0.3, -0.25) is 14.4 Å². The van der Waals surface area contributed by atoms with E-state index in [-0.39, 0.29) is 37.5 Å². The number of hydrogen-bond acceptors (Lipinski definition) is 6. The van der Waals surface area contributed by atoms with Gasteiger partial charge in [0.25, 0.3) is 0 Å². The second kappa shape index (κ2) is 56.2. The van der Waals surface area contributed by atoms with Crippen LogP contribution in [0.3, 0.4) is 0 Å². The summed E-state index contributed by atoms with van der Waals surface area (Å²) in [6.45, 7) is 6.55. The van der Waals surface area contributed by atoms with Gasteiger partial charge in [0.2, 0.25) is 0 Å². The van der Waals surface area contributed by atoms with Crippen molar-refractivity contribution in [2.45, 2.75) is 277 Å². The van der Waals surface area contributed by atoms with Crippen LogP contribution < -0.4 is 0 Å². The molecule has 1 unspecified atom stereocenters. The highest BCUT2D eigenvalue weighted by molar-refractivity contribution is 5.71. The van der Waals surface area contributed by atoms with Gasteiger partial charge in [0, 0.05) is 19.3 Å². The maximum atomic E-state index is 12.8. The van der Waals surface area contributed by atoms with Crippen LogP contribution in [-0.4, -0.2) is 37.2 Å².